The minimum absolute atomic E-state index is 0.00778. The van der Waals surface area contributed by atoms with E-state index in [0.717, 1.165) is 25.7 Å². The molecular formula is C12H24N2O2. The number of hydrogen-bond donors (Lipinski definition) is 3. The lowest BCUT2D eigenvalue weighted by molar-refractivity contribution is -0.121. The summed E-state index contributed by atoms with van der Waals surface area (Å²) in [7, 11) is 0. The largest absolute Gasteiger partial charge is 0.394 e. The van der Waals surface area contributed by atoms with Crippen molar-refractivity contribution in [3.05, 3.63) is 0 Å². The van der Waals surface area contributed by atoms with Crippen molar-refractivity contribution in [2.45, 2.75) is 57.5 Å². The molecule has 0 radical (unpaired) electrons. The molecule has 4 heteroatoms. The summed E-state index contributed by atoms with van der Waals surface area (Å²) in [4.78, 5) is 11.5. The second-order valence-corrected chi connectivity index (χ2v) is 5.07. The number of nitrogens with one attached hydrogen (secondary N) is 2. The van der Waals surface area contributed by atoms with Crippen molar-refractivity contribution in [1.82, 2.24) is 10.6 Å². The zero-order chi connectivity index (χ0) is 12.0. The molecule has 1 amide bonds. The average Bonchev–Trinajstić information content (AvgIpc) is 2.27. The van der Waals surface area contributed by atoms with Crippen LogP contribution in [0.4, 0.5) is 0 Å². The summed E-state index contributed by atoms with van der Waals surface area (Å²) in [5, 5.41) is 15.5. The molecule has 1 aliphatic rings. The van der Waals surface area contributed by atoms with Crippen LogP contribution < -0.4 is 10.6 Å². The summed E-state index contributed by atoms with van der Waals surface area (Å²) in [6.07, 6.45) is 5.46. The maximum atomic E-state index is 11.5. The predicted octanol–water partition coefficient (Wildman–Crippen LogP) is 0.796. The quantitative estimate of drug-likeness (QED) is 0.652. The molecule has 0 saturated heterocycles. The van der Waals surface area contributed by atoms with Gasteiger partial charge in [0.2, 0.25) is 5.91 Å². The molecule has 94 valence electrons. The Bertz CT molecular complexity index is 223. The van der Waals surface area contributed by atoms with Gasteiger partial charge in [0.05, 0.1) is 13.2 Å². The monoisotopic (exact) mass is 228 g/mol. The number of hydrogen-bond acceptors (Lipinski definition) is 3. The Morgan fingerprint density at radius 2 is 1.94 bits per heavy atom. The van der Waals surface area contributed by atoms with Crippen molar-refractivity contribution in [3.63, 3.8) is 0 Å². The van der Waals surface area contributed by atoms with Crippen LogP contribution in [0.25, 0.3) is 0 Å². The van der Waals surface area contributed by atoms with Crippen molar-refractivity contribution >= 4 is 5.91 Å². The van der Waals surface area contributed by atoms with E-state index in [2.05, 4.69) is 10.6 Å². The Labute approximate surface area is 97.8 Å². The minimum Gasteiger partial charge on any atom is -0.394 e. The van der Waals surface area contributed by atoms with Gasteiger partial charge in [-0.3, -0.25) is 4.79 Å². The van der Waals surface area contributed by atoms with Gasteiger partial charge in [0.15, 0.2) is 0 Å². The molecule has 4 nitrogen and oxygen atoms in total. The summed E-state index contributed by atoms with van der Waals surface area (Å²) in [5.74, 6) is 0.00778. The van der Waals surface area contributed by atoms with Crippen LogP contribution in [0.3, 0.4) is 0 Å². The van der Waals surface area contributed by atoms with Crippen molar-refractivity contribution in [1.29, 1.82) is 0 Å². The van der Waals surface area contributed by atoms with Crippen LogP contribution in [0.2, 0.25) is 0 Å². The Balaban J connectivity index is 2.35. The topological polar surface area (TPSA) is 61.4 Å². The van der Waals surface area contributed by atoms with Crippen LogP contribution in [0, 0.1) is 0 Å². The van der Waals surface area contributed by atoms with Gasteiger partial charge in [0, 0.05) is 11.6 Å². The molecule has 0 bridgehead atoms. The summed E-state index contributed by atoms with van der Waals surface area (Å²) >= 11 is 0. The second-order valence-electron chi connectivity index (χ2n) is 5.07. The number of carbonyl (C=O) groups excluding carboxylic acids is 1. The summed E-state index contributed by atoms with van der Waals surface area (Å²) < 4.78 is 0. The van der Waals surface area contributed by atoms with Gasteiger partial charge in [0.1, 0.15) is 0 Å². The molecule has 3 N–H and O–H groups in total. The van der Waals surface area contributed by atoms with Crippen molar-refractivity contribution < 1.29 is 9.90 Å². The van der Waals surface area contributed by atoms with Crippen LogP contribution in [-0.2, 0) is 4.79 Å². The Kier molecular flexibility index (Phi) is 5.22. The standard InChI is InChI=1S/C12H24N2O2/c1-10(2)14-11(16)8-13-12(9-15)6-4-3-5-7-12/h10,13,15H,3-9H2,1-2H3,(H,14,16). The molecule has 0 atom stereocenters. The highest BCUT2D eigenvalue weighted by Crippen LogP contribution is 2.27. The van der Waals surface area contributed by atoms with E-state index in [9.17, 15) is 9.90 Å². The molecule has 0 aromatic carbocycles. The van der Waals surface area contributed by atoms with Gasteiger partial charge >= 0.3 is 0 Å². The smallest absolute Gasteiger partial charge is 0.234 e. The normalized spacial score (nSPS) is 19.8. The zero-order valence-electron chi connectivity index (χ0n) is 10.4. The number of amides is 1. The van der Waals surface area contributed by atoms with Crippen molar-refractivity contribution in [2.24, 2.45) is 0 Å². The lowest BCUT2D eigenvalue weighted by atomic mass is 9.82. The lowest BCUT2D eigenvalue weighted by Crippen LogP contribution is -2.53. The number of aliphatic hydroxyl groups excluding tert-OH is 1. The third kappa shape index (κ3) is 4.10. The van der Waals surface area contributed by atoms with E-state index in [-0.39, 0.29) is 24.1 Å². The predicted molar refractivity (Wildman–Crippen MR) is 64.2 cm³/mol. The molecule has 0 unspecified atom stereocenters. The van der Waals surface area contributed by atoms with Crippen LogP contribution in [0.5, 0.6) is 0 Å². The fraction of sp³-hybridized carbons (Fsp3) is 0.917. The minimum atomic E-state index is -0.216. The highest BCUT2D eigenvalue weighted by molar-refractivity contribution is 5.78. The maximum Gasteiger partial charge on any atom is 0.234 e. The number of carbonyl (C=O) groups is 1. The van der Waals surface area contributed by atoms with Gasteiger partial charge in [-0.15, -0.1) is 0 Å². The first kappa shape index (κ1) is 13.5. The second kappa shape index (κ2) is 6.21. The molecule has 1 saturated carbocycles. The van der Waals surface area contributed by atoms with Crippen LogP contribution in [-0.4, -0.2) is 35.7 Å². The molecule has 0 heterocycles. The van der Waals surface area contributed by atoms with Crippen molar-refractivity contribution in [3.8, 4) is 0 Å². The first-order valence-electron chi connectivity index (χ1n) is 6.23. The summed E-state index contributed by atoms with van der Waals surface area (Å²) in [5.41, 5.74) is -0.216. The Morgan fingerprint density at radius 1 is 1.31 bits per heavy atom. The highest BCUT2D eigenvalue weighted by atomic mass is 16.3. The molecular weight excluding hydrogens is 204 g/mol. The van der Waals surface area contributed by atoms with Gasteiger partial charge in [-0.25, -0.2) is 0 Å². The van der Waals surface area contributed by atoms with E-state index in [0.29, 0.717) is 6.54 Å². The van der Waals surface area contributed by atoms with Crippen LogP contribution in [0.15, 0.2) is 0 Å². The van der Waals surface area contributed by atoms with Gasteiger partial charge in [-0.1, -0.05) is 19.3 Å². The SMILES string of the molecule is CC(C)NC(=O)CNC1(CO)CCCCC1. The maximum absolute atomic E-state index is 11.5. The fourth-order valence-corrected chi connectivity index (χ4v) is 2.26. The molecule has 0 aromatic heterocycles. The van der Waals surface area contributed by atoms with Gasteiger partial charge < -0.3 is 15.7 Å². The average molecular weight is 228 g/mol. The highest BCUT2D eigenvalue weighted by Gasteiger charge is 2.31. The molecule has 1 rings (SSSR count). The summed E-state index contributed by atoms with van der Waals surface area (Å²) in [6.45, 7) is 4.32. The van der Waals surface area contributed by atoms with E-state index in [1.54, 1.807) is 0 Å². The van der Waals surface area contributed by atoms with E-state index >= 15 is 0 Å². The van der Waals surface area contributed by atoms with Crippen molar-refractivity contribution in [2.75, 3.05) is 13.2 Å². The molecule has 0 aromatic rings. The van der Waals surface area contributed by atoms with Gasteiger partial charge in [0.25, 0.3) is 0 Å². The molecule has 0 aliphatic heterocycles. The van der Waals surface area contributed by atoms with Gasteiger partial charge in [-0.2, -0.15) is 0 Å². The first-order chi connectivity index (χ1) is 7.58. The summed E-state index contributed by atoms with van der Waals surface area (Å²) in [6, 6.07) is 0.172. The van der Waals surface area contributed by atoms with E-state index in [1.165, 1.54) is 6.42 Å². The van der Waals surface area contributed by atoms with E-state index < -0.39 is 0 Å². The number of aliphatic hydroxyl groups is 1. The fourth-order valence-electron chi connectivity index (χ4n) is 2.26. The molecule has 1 fully saturated rings. The van der Waals surface area contributed by atoms with Gasteiger partial charge in [-0.05, 0) is 26.7 Å². The lowest BCUT2D eigenvalue weighted by Gasteiger charge is -2.36. The first-order valence-corrected chi connectivity index (χ1v) is 6.23. The van der Waals surface area contributed by atoms with Crippen LogP contribution >= 0.6 is 0 Å². The third-order valence-electron chi connectivity index (χ3n) is 3.19. The molecule has 1 aliphatic carbocycles. The molecule has 16 heavy (non-hydrogen) atoms. The molecule has 0 spiro atoms. The Hall–Kier alpha value is -0.610. The van der Waals surface area contributed by atoms with Crippen LogP contribution in [0.1, 0.15) is 46.0 Å². The van der Waals surface area contributed by atoms with E-state index in [1.807, 2.05) is 13.8 Å². The number of rotatable bonds is 5. The zero-order valence-corrected chi connectivity index (χ0v) is 10.4. The third-order valence-corrected chi connectivity index (χ3v) is 3.19. The van der Waals surface area contributed by atoms with E-state index in [4.69, 9.17) is 0 Å². The Morgan fingerprint density at radius 3 is 2.44 bits per heavy atom.